The summed E-state index contributed by atoms with van der Waals surface area (Å²) >= 11 is 0. The number of aromatic hydroxyl groups is 1. The Morgan fingerprint density at radius 2 is 1.77 bits per heavy atom. The van der Waals surface area contributed by atoms with Crippen molar-refractivity contribution in [1.82, 2.24) is 0 Å². The van der Waals surface area contributed by atoms with Gasteiger partial charge in [-0.25, -0.2) is 0 Å². The Morgan fingerprint density at radius 3 is 2.23 bits per heavy atom. The van der Waals surface area contributed by atoms with E-state index >= 15 is 0 Å². The fourth-order valence-corrected chi connectivity index (χ4v) is 1.40. The number of hydrogen-bond donors (Lipinski definition) is 1. The van der Waals surface area contributed by atoms with Gasteiger partial charge in [0.1, 0.15) is 5.75 Å². The van der Waals surface area contributed by atoms with E-state index < -0.39 is 0 Å². The summed E-state index contributed by atoms with van der Waals surface area (Å²) in [6, 6.07) is 7.37. The summed E-state index contributed by atoms with van der Waals surface area (Å²) in [7, 11) is 0. The molecule has 0 bridgehead atoms. The summed E-state index contributed by atoms with van der Waals surface area (Å²) in [5, 5.41) is 9.12. The topological polar surface area (TPSA) is 23.5 Å². The monoisotopic (exact) mass is 179 g/mol. The van der Waals surface area contributed by atoms with Crippen molar-refractivity contribution in [3.8, 4) is 5.75 Å². The fourth-order valence-electron chi connectivity index (χ4n) is 1.40. The summed E-state index contributed by atoms with van der Waals surface area (Å²) in [5.41, 5.74) is 1.18. The van der Waals surface area contributed by atoms with Crippen molar-refractivity contribution in [2.24, 2.45) is 0 Å². The van der Waals surface area contributed by atoms with Crippen LogP contribution in [0.5, 0.6) is 5.75 Å². The molecule has 1 rings (SSSR count). The minimum atomic E-state index is 0.330. The lowest BCUT2D eigenvalue weighted by Crippen LogP contribution is -2.23. The summed E-state index contributed by atoms with van der Waals surface area (Å²) in [4.78, 5) is 2.29. The summed E-state index contributed by atoms with van der Waals surface area (Å²) in [6.07, 6.45) is 1.15. The predicted octanol–water partition coefficient (Wildman–Crippen LogP) is 2.63. The zero-order chi connectivity index (χ0) is 9.68. The van der Waals surface area contributed by atoms with Gasteiger partial charge in [-0.2, -0.15) is 0 Å². The third kappa shape index (κ3) is 2.65. The minimum Gasteiger partial charge on any atom is -0.508 e. The first-order chi connectivity index (χ1) is 6.27. The van der Waals surface area contributed by atoms with Gasteiger partial charge >= 0.3 is 0 Å². The highest BCUT2D eigenvalue weighted by molar-refractivity contribution is 5.48. The van der Waals surface area contributed by atoms with Crippen LogP contribution in [0.1, 0.15) is 20.3 Å². The van der Waals surface area contributed by atoms with Gasteiger partial charge in [0.05, 0.1) is 0 Å². The van der Waals surface area contributed by atoms with E-state index in [9.17, 15) is 0 Å². The molecular weight excluding hydrogens is 162 g/mol. The van der Waals surface area contributed by atoms with E-state index in [2.05, 4.69) is 18.7 Å². The number of nitrogens with zero attached hydrogens (tertiary/aromatic N) is 1. The smallest absolute Gasteiger partial charge is 0.115 e. The molecule has 0 aliphatic carbocycles. The molecule has 0 aliphatic rings. The standard InChI is InChI=1S/C11H17NO/c1-3-9-12(4-2)10-5-7-11(13)8-6-10/h5-8,13H,3-4,9H2,1-2H3. The average Bonchev–Trinajstić information content (AvgIpc) is 2.16. The first-order valence-electron chi connectivity index (χ1n) is 4.82. The van der Waals surface area contributed by atoms with E-state index in [1.165, 1.54) is 5.69 Å². The summed E-state index contributed by atoms with van der Waals surface area (Å²) in [6.45, 7) is 6.39. The zero-order valence-electron chi connectivity index (χ0n) is 8.33. The first kappa shape index (κ1) is 9.90. The Morgan fingerprint density at radius 1 is 1.15 bits per heavy atom. The second-order valence-electron chi connectivity index (χ2n) is 3.10. The van der Waals surface area contributed by atoms with Crippen molar-refractivity contribution in [2.45, 2.75) is 20.3 Å². The molecule has 0 aliphatic heterocycles. The molecule has 0 saturated carbocycles. The fraction of sp³-hybridized carbons (Fsp3) is 0.455. The molecule has 0 saturated heterocycles. The van der Waals surface area contributed by atoms with Crippen LogP contribution in [0.25, 0.3) is 0 Å². The second kappa shape index (κ2) is 4.75. The molecule has 0 fully saturated rings. The van der Waals surface area contributed by atoms with Gasteiger partial charge in [0.15, 0.2) is 0 Å². The van der Waals surface area contributed by atoms with Crippen LogP contribution in [0, 0.1) is 0 Å². The molecule has 0 unspecified atom stereocenters. The maximum Gasteiger partial charge on any atom is 0.115 e. The molecule has 0 radical (unpaired) electrons. The third-order valence-corrected chi connectivity index (χ3v) is 2.09. The van der Waals surface area contributed by atoms with Gasteiger partial charge in [-0.1, -0.05) is 6.92 Å². The van der Waals surface area contributed by atoms with Crippen LogP contribution in [0.15, 0.2) is 24.3 Å². The number of phenols is 1. The van der Waals surface area contributed by atoms with Crippen LogP contribution in [-0.4, -0.2) is 18.2 Å². The Balaban J connectivity index is 2.73. The van der Waals surface area contributed by atoms with Gasteiger partial charge in [-0.15, -0.1) is 0 Å². The van der Waals surface area contributed by atoms with Crippen LogP contribution in [0.4, 0.5) is 5.69 Å². The molecule has 13 heavy (non-hydrogen) atoms. The van der Waals surface area contributed by atoms with Crippen molar-refractivity contribution in [1.29, 1.82) is 0 Å². The molecule has 72 valence electrons. The van der Waals surface area contributed by atoms with Crippen LogP contribution < -0.4 is 4.90 Å². The molecular formula is C11H17NO. The average molecular weight is 179 g/mol. The lowest BCUT2D eigenvalue weighted by atomic mass is 10.2. The lowest BCUT2D eigenvalue weighted by molar-refractivity contribution is 0.475. The Kier molecular flexibility index (Phi) is 3.62. The Hall–Kier alpha value is -1.18. The summed E-state index contributed by atoms with van der Waals surface area (Å²) in [5.74, 6) is 0.330. The summed E-state index contributed by atoms with van der Waals surface area (Å²) < 4.78 is 0. The van der Waals surface area contributed by atoms with Crippen molar-refractivity contribution in [3.63, 3.8) is 0 Å². The molecule has 0 amide bonds. The van der Waals surface area contributed by atoms with Gasteiger partial charge in [0.25, 0.3) is 0 Å². The van der Waals surface area contributed by atoms with E-state index in [0.717, 1.165) is 19.5 Å². The molecule has 0 spiro atoms. The van der Waals surface area contributed by atoms with Gasteiger partial charge in [0, 0.05) is 18.8 Å². The van der Waals surface area contributed by atoms with E-state index in [1.807, 2.05) is 12.1 Å². The molecule has 0 heterocycles. The van der Waals surface area contributed by atoms with Gasteiger partial charge in [0.2, 0.25) is 0 Å². The SMILES string of the molecule is CCCN(CC)c1ccc(O)cc1. The maximum atomic E-state index is 9.12. The van der Waals surface area contributed by atoms with E-state index in [1.54, 1.807) is 12.1 Å². The third-order valence-electron chi connectivity index (χ3n) is 2.09. The molecule has 2 heteroatoms. The van der Waals surface area contributed by atoms with Crippen LogP contribution >= 0.6 is 0 Å². The number of hydrogen-bond acceptors (Lipinski definition) is 2. The van der Waals surface area contributed by atoms with Crippen LogP contribution in [-0.2, 0) is 0 Å². The highest BCUT2D eigenvalue weighted by atomic mass is 16.3. The number of phenolic OH excluding ortho intramolecular Hbond substituents is 1. The molecule has 2 nitrogen and oxygen atoms in total. The molecule has 0 atom stereocenters. The quantitative estimate of drug-likeness (QED) is 0.768. The number of benzene rings is 1. The highest BCUT2D eigenvalue weighted by Crippen LogP contribution is 2.18. The van der Waals surface area contributed by atoms with Crippen molar-refractivity contribution >= 4 is 5.69 Å². The largest absolute Gasteiger partial charge is 0.508 e. The van der Waals surface area contributed by atoms with Crippen molar-refractivity contribution in [2.75, 3.05) is 18.0 Å². The normalized spacial score (nSPS) is 10.0. The van der Waals surface area contributed by atoms with Crippen LogP contribution in [0.2, 0.25) is 0 Å². The first-order valence-corrected chi connectivity index (χ1v) is 4.82. The van der Waals surface area contributed by atoms with E-state index in [4.69, 9.17) is 5.11 Å². The van der Waals surface area contributed by atoms with Gasteiger partial charge in [-0.05, 0) is 37.6 Å². The minimum absolute atomic E-state index is 0.330. The van der Waals surface area contributed by atoms with Gasteiger partial charge in [-0.3, -0.25) is 0 Å². The lowest BCUT2D eigenvalue weighted by Gasteiger charge is -2.22. The molecule has 1 aromatic carbocycles. The molecule has 1 N–H and O–H groups in total. The maximum absolute atomic E-state index is 9.12. The number of anilines is 1. The Bertz CT molecular complexity index is 243. The predicted molar refractivity (Wildman–Crippen MR) is 56.3 cm³/mol. The second-order valence-corrected chi connectivity index (χ2v) is 3.10. The molecule has 1 aromatic rings. The molecule has 0 aromatic heterocycles. The van der Waals surface area contributed by atoms with Gasteiger partial charge < -0.3 is 10.0 Å². The Labute approximate surface area is 79.8 Å². The van der Waals surface area contributed by atoms with E-state index in [0.29, 0.717) is 5.75 Å². The highest BCUT2D eigenvalue weighted by Gasteiger charge is 2.01. The number of rotatable bonds is 4. The van der Waals surface area contributed by atoms with Crippen molar-refractivity contribution in [3.05, 3.63) is 24.3 Å². The van der Waals surface area contributed by atoms with E-state index in [-0.39, 0.29) is 0 Å². The zero-order valence-corrected chi connectivity index (χ0v) is 8.33. The van der Waals surface area contributed by atoms with Crippen molar-refractivity contribution < 1.29 is 5.11 Å². The van der Waals surface area contributed by atoms with Crippen LogP contribution in [0.3, 0.4) is 0 Å².